The van der Waals surface area contributed by atoms with E-state index in [2.05, 4.69) is 25.7 Å². The van der Waals surface area contributed by atoms with E-state index in [0.29, 0.717) is 23.0 Å². The van der Waals surface area contributed by atoms with E-state index in [4.69, 9.17) is 18.9 Å². The fourth-order valence-corrected chi connectivity index (χ4v) is 4.00. The van der Waals surface area contributed by atoms with Crippen LogP contribution in [-0.2, 0) is 5.60 Å². The van der Waals surface area contributed by atoms with Gasteiger partial charge in [-0.1, -0.05) is 32.9 Å². The first-order valence-electron chi connectivity index (χ1n) is 9.81. The monoisotopic (exact) mass is 385 g/mol. The minimum absolute atomic E-state index is 0.0758. The van der Waals surface area contributed by atoms with Crippen LogP contribution in [0, 0.1) is 5.92 Å². The summed E-state index contributed by atoms with van der Waals surface area (Å²) >= 11 is 0. The van der Waals surface area contributed by atoms with Crippen LogP contribution in [0.1, 0.15) is 31.9 Å². The Hall–Kier alpha value is -2.44. The Morgan fingerprint density at radius 1 is 0.857 bits per heavy atom. The quantitative estimate of drug-likeness (QED) is 0.789. The molecule has 2 aromatic carbocycles. The third-order valence-electron chi connectivity index (χ3n) is 5.77. The topological polar surface area (TPSA) is 60.4 Å². The van der Waals surface area contributed by atoms with Gasteiger partial charge < -0.3 is 29.0 Å². The SMILES string of the molecule is CCN(CC)C[C@H](C)C(O)(c1ccc2c(c1)OCO2)c1ccc2c(c1)OCO2. The van der Waals surface area contributed by atoms with E-state index in [1.165, 1.54) is 0 Å². The molecule has 2 aliphatic rings. The first-order chi connectivity index (χ1) is 13.6. The van der Waals surface area contributed by atoms with E-state index < -0.39 is 5.60 Å². The zero-order chi connectivity index (χ0) is 19.7. The van der Waals surface area contributed by atoms with Crippen molar-refractivity contribution < 1.29 is 24.1 Å². The summed E-state index contributed by atoms with van der Waals surface area (Å²) in [5.41, 5.74) is 0.329. The lowest BCUT2D eigenvalue weighted by molar-refractivity contribution is 0.00843. The fourth-order valence-electron chi connectivity index (χ4n) is 4.00. The van der Waals surface area contributed by atoms with Gasteiger partial charge in [-0.3, -0.25) is 0 Å². The van der Waals surface area contributed by atoms with Crippen molar-refractivity contribution in [2.45, 2.75) is 26.4 Å². The second-order valence-electron chi connectivity index (χ2n) is 7.29. The van der Waals surface area contributed by atoms with Gasteiger partial charge in [0.25, 0.3) is 0 Å². The second kappa shape index (κ2) is 7.53. The highest BCUT2D eigenvalue weighted by Gasteiger charge is 2.40. The van der Waals surface area contributed by atoms with E-state index in [0.717, 1.165) is 30.8 Å². The predicted molar refractivity (Wildman–Crippen MR) is 105 cm³/mol. The van der Waals surface area contributed by atoms with Crippen molar-refractivity contribution in [3.05, 3.63) is 47.5 Å². The van der Waals surface area contributed by atoms with Gasteiger partial charge in [0.2, 0.25) is 13.6 Å². The van der Waals surface area contributed by atoms with Gasteiger partial charge in [-0.05, 0) is 48.5 Å². The predicted octanol–water partition coefficient (Wildman–Crippen LogP) is 3.36. The summed E-state index contributed by atoms with van der Waals surface area (Å²) in [6.07, 6.45) is 0. The molecule has 0 bridgehead atoms. The van der Waals surface area contributed by atoms with E-state index in [-0.39, 0.29) is 19.5 Å². The first-order valence-corrected chi connectivity index (χ1v) is 9.81. The Balaban J connectivity index is 1.78. The Labute approximate surface area is 165 Å². The van der Waals surface area contributed by atoms with Crippen LogP contribution in [0.3, 0.4) is 0 Å². The lowest BCUT2D eigenvalue weighted by atomic mass is 9.76. The molecule has 6 nitrogen and oxygen atoms in total. The van der Waals surface area contributed by atoms with Crippen LogP contribution in [0.2, 0.25) is 0 Å². The van der Waals surface area contributed by atoms with Gasteiger partial charge in [-0.15, -0.1) is 0 Å². The lowest BCUT2D eigenvalue weighted by Gasteiger charge is -2.38. The maximum absolute atomic E-state index is 12.1. The van der Waals surface area contributed by atoms with Crippen LogP contribution in [0.15, 0.2) is 36.4 Å². The molecule has 2 aliphatic heterocycles. The van der Waals surface area contributed by atoms with Gasteiger partial charge in [-0.2, -0.15) is 0 Å². The van der Waals surface area contributed by atoms with E-state index >= 15 is 0 Å². The molecule has 0 aliphatic carbocycles. The Bertz CT molecular complexity index is 791. The molecule has 2 heterocycles. The largest absolute Gasteiger partial charge is 0.454 e. The minimum Gasteiger partial charge on any atom is -0.454 e. The highest BCUT2D eigenvalue weighted by Crippen LogP contribution is 2.44. The van der Waals surface area contributed by atoms with Crippen LogP contribution in [0.25, 0.3) is 0 Å². The smallest absolute Gasteiger partial charge is 0.231 e. The molecule has 0 fully saturated rings. The molecule has 150 valence electrons. The Morgan fingerprint density at radius 3 is 1.79 bits per heavy atom. The van der Waals surface area contributed by atoms with Crippen molar-refractivity contribution in [2.24, 2.45) is 5.92 Å². The van der Waals surface area contributed by atoms with Crippen LogP contribution in [-0.4, -0.2) is 43.2 Å². The summed E-state index contributed by atoms with van der Waals surface area (Å²) in [5, 5.41) is 12.1. The molecule has 6 heteroatoms. The number of aliphatic hydroxyl groups is 1. The molecule has 0 amide bonds. The molecule has 0 saturated heterocycles. The molecule has 4 rings (SSSR count). The normalized spacial score (nSPS) is 15.9. The molecular formula is C22H27NO5. The molecular weight excluding hydrogens is 358 g/mol. The average molecular weight is 385 g/mol. The molecule has 28 heavy (non-hydrogen) atoms. The van der Waals surface area contributed by atoms with Crippen molar-refractivity contribution in [3.63, 3.8) is 0 Å². The van der Waals surface area contributed by atoms with Gasteiger partial charge in [-0.25, -0.2) is 0 Å². The second-order valence-corrected chi connectivity index (χ2v) is 7.29. The van der Waals surface area contributed by atoms with Crippen molar-refractivity contribution in [2.75, 3.05) is 33.2 Å². The molecule has 0 saturated carbocycles. The van der Waals surface area contributed by atoms with Gasteiger partial charge in [0.1, 0.15) is 5.60 Å². The summed E-state index contributed by atoms with van der Waals surface area (Å²) in [6.45, 7) is 9.37. The third-order valence-corrected chi connectivity index (χ3v) is 5.77. The lowest BCUT2D eigenvalue weighted by Crippen LogP contribution is -2.42. The average Bonchev–Trinajstić information content (AvgIpc) is 3.38. The third kappa shape index (κ3) is 3.16. The van der Waals surface area contributed by atoms with Gasteiger partial charge >= 0.3 is 0 Å². The zero-order valence-electron chi connectivity index (χ0n) is 16.6. The Kier molecular flexibility index (Phi) is 5.08. The summed E-state index contributed by atoms with van der Waals surface area (Å²) in [4.78, 5) is 2.32. The van der Waals surface area contributed by atoms with E-state index in [1.54, 1.807) is 0 Å². The number of ether oxygens (including phenoxy) is 4. The molecule has 2 aromatic rings. The van der Waals surface area contributed by atoms with Crippen molar-refractivity contribution in [1.29, 1.82) is 0 Å². The first kappa shape index (κ1) is 18.9. The molecule has 0 aromatic heterocycles. The van der Waals surface area contributed by atoms with E-state index in [9.17, 15) is 5.11 Å². The molecule has 1 N–H and O–H groups in total. The molecule has 0 radical (unpaired) electrons. The molecule has 0 spiro atoms. The van der Waals surface area contributed by atoms with Gasteiger partial charge in [0, 0.05) is 12.5 Å². The Morgan fingerprint density at radius 2 is 1.32 bits per heavy atom. The highest BCUT2D eigenvalue weighted by molar-refractivity contribution is 5.52. The summed E-state index contributed by atoms with van der Waals surface area (Å²) in [5.74, 6) is 2.65. The van der Waals surface area contributed by atoms with Crippen molar-refractivity contribution >= 4 is 0 Å². The van der Waals surface area contributed by atoms with Crippen LogP contribution in [0.4, 0.5) is 0 Å². The van der Waals surface area contributed by atoms with Crippen LogP contribution >= 0.6 is 0 Å². The maximum Gasteiger partial charge on any atom is 0.231 e. The van der Waals surface area contributed by atoms with Gasteiger partial charge in [0.05, 0.1) is 0 Å². The molecule has 0 unspecified atom stereocenters. The summed E-state index contributed by atoms with van der Waals surface area (Å²) in [6, 6.07) is 11.3. The van der Waals surface area contributed by atoms with Crippen molar-refractivity contribution in [1.82, 2.24) is 4.90 Å². The zero-order valence-corrected chi connectivity index (χ0v) is 16.6. The van der Waals surface area contributed by atoms with E-state index in [1.807, 2.05) is 36.4 Å². The number of rotatable bonds is 7. The van der Waals surface area contributed by atoms with Gasteiger partial charge in [0.15, 0.2) is 23.0 Å². The highest BCUT2D eigenvalue weighted by atomic mass is 16.7. The number of nitrogens with zero attached hydrogens (tertiary/aromatic N) is 1. The molecule has 1 atom stereocenters. The number of fused-ring (bicyclic) bond motifs is 2. The number of hydrogen-bond donors (Lipinski definition) is 1. The van der Waals surface area contributed by atoms with Crippen LogP contribution in [0.5, 0.6) is 23.0 Å². The summed E-state index contributed by atoms with van der Waals surface area (Å²) < 4.78 is 22.0. The summed E-state index contributed by atoms with van der Waals surface area (Å²) in [7, 11) is 0. The van der Waals surface area contributed by atoms with Crippen molar-refractivity contribution in [3.8, 4) is 23.0 Å². The minimum atomic E-state index is -1.22. The fraction of sp³-hybridized carbons (Fsp3) is 0.455. The number of benzene rings is 2. The number of hydrogen-bond acceptors (Lipinski definition) is 6. The maximum atomic E-state index is 12.1. The van der Waals surface area contributed by atoms with Crippen LogP contribution < -0.4 is 18.9 Å². The standard InChI is InChI=1S/C22H27NO5/c1-4-23(5-2)12-15(3)22(24,16-6-8-18-20(10-16)27-13-25-18)17-7-9-19-21(11-17)28-14-26-19/h6-11,15,24H,4-5,12-14H2,1-3H3/t15-/m0/s1.